The number of nitrogens with one attached hydrogen (secondary N) is 1. The van der Waals surface area contributed by atoms with Gasteiger partial charge in [0.2, 0.25) is 0 Å². The lowest BCUT2D eigenvalue weighted by Crippen LogP contribution is -2.33. The van der Waals surface area contributed by atoms with E-state index in [1.807, 2.05) is 54.6 Å². The van der Waals surface area contributed by atoms with E-state index in [4.69, 9.17) is 0 Å². The Morgan fingerprint density at radius 3 is 2.55 bits per heavy atom. The second-order valence-electron chi connectivity index (χ2n) is 6.92. The monoisotopic (exact) mass is 386 g/mol. The summed E-state index contributed by atoms with van der Waals surface area (Å²) in [5.74, 6) is -0.133. The van der Waals surface area contributed by atoms with E-state index < -0.39 is 0 Å². The Labute approximate surface area is 169 Å². The van der Waals surface area contributed by atoms with Crippen molar-refractivity contribution >= 4 is 17.6 Å². The van der Waals surface area contributed by atoms with E-state index in [-0.39, 0.29) is 18.0 Å². The van der Waals surface area contributed by atoms with Crippen molar-refractivity contribution in [3.05, 3.63) is 95.8 Å². The van der Waals surface area contributed by atoms with Crippen molar-refractivity contribution in [3.8, 4) is 0 Å². The molecule has 1 N–H and O–H groups in total. The first-order valence-electron chi connectivity index (χ1n) is 9.53. The molecular formula is C23H22N4O2. The molecule has 0 spiro atoms. The lowest BCUT2D eigenvalue weighted by molar-refractivity contribution is 0.0752. The fourth-order valence-corrected chi connectivity index (χ4v) is 3.61. The van der Waals surface area contributed by atoms with Crippen LogP contribution in [-0.4, -0.2) is 42.0 Å². The summed E-state index contributed by atoms with van der Waals surface area (Å²) >= 11 is 0. The zero-order chi connectivity index (χ0) is 20.2. The first-order valence-corrected chi connectivity index (χ1v) is 9.53. The molecule has 1 atom stereocenters. The van der Waals surface area contributed by atoms with Crippen LogP contribution in [0, 0.1) is 0 Å². The molecule has 0 saturated carbocycles. The molecule has 3 aromatic rings. The summed E-state index contributed by atoms with van der Waals surface area (Å²) < 4.78 is 0. The Kier molecular flexibility index (Phi) is 5.24. The summed E-state index contributed by atoms with van der Waals surface area (Å²) in [6, 6.07) is 22.3. The van der Waals surface area contributed by atoms with Gasteiger partial charge in [0.1, 0.15) is 0 Å². The standard InChI is InChI=1S/C23H22N4O2/c1-26(21(17-8-3-2-4-9-17)20-12-5-6-13-24-20)22(28)18-10-7-11-19(16-18)27-15-14-25-23(27)29/h2-13,16,21H,14-15H2,1H3,(H,25,29). The fourth-order valence-electron chi connectivity index (χ4n) is 3.61. The highest BCUT2D eigenvalue weighted by Gasteiger charge is 2.27. The highest BCUT2D eigenvalue weighted by atomic mass is 16.2. The van der Waals surface area contributed by atoms with E-state index in [0.717, 1.165) is 11.3 Å². The molecule has 1 saturated heterocycles. The van der Waals surface area contributed by atoms with Gasteiger partial charge in [-0.2, -0.15) is 0 Å². The molecule has 1 fully saturated rings. The Morgan fingerprint density at radius 2 is 1.86 bits per heavy atom. The normalized spacial score (nSPS) is 14.4. The Morgan fingerprint density at radius 1 is 1.07 bits per heavy atom. The van der Waals surface area contributed by atoms with E-state index in [1.165, 1.54) is 0 Å². The molecule has 1 aliphatic heterocycles. The molecule has 29 heavy (non-hydrogen) atoms. The van der Waals surface area contributed by atoms with Gasteiger partial charge in [0.05, 0.1) is 11.7 Å². The number of aromatic nitrogens is 1. The number of carbonyl (C=O) groups excluding carboxylic acids is 2. The summed E-state index contributed by atoms with van der Waals surface area (Å²) in [4.78, 5) is 33.2. The third-order valence-electron chi connectivity index (χ3n) is 5.05. The smallest absolute Gasteiger partial charge is 0.321 e. The van der Waals surface area contributed by atoms with Crippen molar-refractivity contribution in [3.63, 3.8) is 0 Å². The van der Waals surface area contributed by atoms with Gasteiger partial charge < -0.3 is 10.2 Å². The van der Waals surface area contributed by atoms with E-state index in [9.17, 15) is 9.59 Å². The number of benzene rings is 2. The number of carbonyl (C=O) groups is 2. The van der Waals surface area contributed by atoms with E-state index in [0.29, 0.717) is 24.3 Å². The number of nitrogens with zero attached hydrogens (tertiary/aromatic N) is 3. The molecule has 4 rings (SSSR count). The molecule has 6 nitrogen and oxygen atoms in total. The lowest BCUT2D eigenvalue weighted by atomic mass is 10.0. The maximum Gasteiger partial charge on any atom is 0.321 e. The van der Waals surface area contributed by atoms with Crippen LogP contribution in [0.1, 0.15) is 27.7 Å². The molecule has 0 radical (unpaired) electrons. The van der Waals surface area contributed by atoms with E-state index in [1.54, 1.807) is 41.2 Å². The van der Waals surface area contributed by atoms with Crippen LogP contribution in [0.25, 0.3) is 0 Å². The molecule has 1 unspecified atom stereocenters. The Bertz CT molecular complexity index is 968. The molecule has 6 heteroatoms. The van der Waals surface area contributed by atoms with Gasteiger partial charge in [0.25, 0.3) is 5.91 Å². The van der Waals surface area contributed by atoms with Gasteiger partial charge >= 0.3 is 6.03 Å². The third-order valence-corrected chi connectivity index (χ3v) is 5.05. The molecule has 0 aliphatic carbocycles. The first-order chi connectivity index (χ1) is 14.1. The summed E-state index contributed by atoms with van der Waals surface area (Å²) in [6.07, 6.45) is 1.73. The van der Waals surface area contributed by atoms with Crippen LogP contribution in [0.3, 0.4) is 0 Å². The highest BCUT2D eigenvalue weighted by Crippen LogP contribution is 2.28. The van der Waals surface area contributed by atoms with Gasteiger partial charge in [-0.15, -0.1) is 0 Å². The second-order valence-corrected chi connectivity index (χ2v) is 6.92. The largest absolute Gasteiger partial charge is 0.336 e. The predicted octanol–water partition coefficient (Wildman–Crippen LogP) is 3.47. The van der Waals surface area contributed by atoms with Crippen LogP contribution in [-0.2, 0) is 0 Å². The van der Waals surface area contributed by atoms with Gasteiger partial charge in [0, 0.05) is 37.6 Å². The van der Waals surface area contributed by atoms with Crippen LogP contribution in [0.15, 0.2) is 79.0 Å². The number of rotatable bonds is 5. The van der Waals surface area contributed by atoms with Crippen LogP contribution >= 0.6 is 0 Å². The van der Waals surface area contributed by atoms with Crippen molar-refractivity contribution in [1.82, 2.24) is 15.2 Å². The van der Waals surface area contributed by atoms with Gasteiger partial charge in [-0.3, -0.25) is 14.7 Å². The van der Waals surface area contributed by atoms with Crippen molar-refractivity contribution in [1.29, 1.82) is 0 Å². The summed E-state index contributed by atoms with van der Waals surface area (Å²) in [5.41, 5.74) is 3.02. The van der Waals surface area contributed by atoms with Gasteiger partial charge in [-0.25, -0.2) is 4.79 Å². The SMILES string of the molecule is CN(C(=O)c1cccc(N2CCNC2=O)c1)C(c1ccccc1)c1ccccn1. The molecule has 2 aromatic carbocycles. The van der Waals surface area contributed by atoms with E-state index in [2.05, 4.69) is 10.3 Å². The zero-order valence-electron chi connectivity index (χ0n) is 16.2. The van der Waals surface area contributed by atoms with Crippen LogP contribution in [0.4, 0.5) is 10.5 Å². The number of hydrogen-bond acceptors (Lipinski definition) is 3. The number of urea groups is 1. The minimum Gasteiger partial charge on any atom is -0.336 e. The molecule has 1 aromatic heterocycles. The molecule has 2 heterocycles. The molecular weight excluding hydrogens is 364 g/mol. The van der Waals surface area contributed by atoms with Gasteiger partial charge in [-0.05, 0) is 35.9 Å². The number of pyridine rings is 1. The van der Waals surface area contributed by atoms with Crippen LogP contribution < -0.4 is 10.2 Å². The number of amides is 3. The topological polar surface area (TPSA) is 65.5 Å². The first kappa shape index (κ1) is 18.7. The zero-order valence-corrected chi connectivity index (χ0v) is 16.2. The maximum absolute atomic E-state index is 13.4. The van der Waals surface area contributed by atoms with Gasteiger partial charge in [0.15, 0.2) is 0 Å². The van der Waals surface area contributed by atoms with E-state index >= 15 is 0 Å². The average molecular weight is 386 g/mol. The molecule has 1 aliphatic rings. The minimum absolute atomic E-state index is 0.133. The van der Waals surface area contributed by atoms with Crippen molar-refractivity contribution in [2.75, 3.05) is 25.0 Å². The quantitative estimate of drug-likeness (QED) is 0.730. The Balaban J connectivity index is 1.67. The molecule has 3 amide bonds. The van der Waals surface area contributed by atoms with Crippen molar-refractivity contribution in [2.24, 2.45) is 0 Å². The van der Waals surface area contributed by atoms with Crippen molar-refractivity contribution < 1.29 is 9.59 Å². The fraction of sp³-hybridized carbons (Fsp3) is 0.174. The van der Waals surface area contributed by atoms with Crippen LogP contribution in [0.2, 0.25) is 0 Å². The molecule has 0 bridgehead atoms. The van der Waals surface area contributed by atoms with Crippen LogP contribution in [0.5, 0.6) is 0 Å². The summed E-state index contributed by atoms with van der Waals surface area (Å²) in [6.45, 7) is 1.19. The number of hydrogen-bond donors (Lipinski definition) is 1. The maximum atomic E-state index is 13.4. The van der Waals surface area contributed by atoms with Crippen molar-refractivity contribution in [2.45, 2.75) is 6.04 Å². The highest BCUT2D eigenvalue weighted by molar-refractivity contribution is 5.98. The second kappa shape index (κ2) is 8.14. The number of anilines is 1. The minimum atomic E-state index is -0.316. The Hall–Kier alpha value is -3.67. The summed E-state index contributed by atoms with van der Waals surface area (Å²) in [7, 11) is 1.78. The van der Waals surface area contributed by atoms with Gasteiger partial charge in [-0.1, -0.05) is 42.5 Å². The molecule has 146 valence electrons. The summed E-state index contributed by atoms with van der Waals surface area (Å²) in [5, 5.41) is 2.78. The average Bonchev–Trinajstić information content (AvgIpc) is 3.21. The lowest BCUT2D eigenvalue weighted by Gasteiger charge is -2.28. The predicted molar refractivity (Wildman–Crippen MR) is 112 cm³/mol. The third kappa shape index (κ3) is 3.82.